The van der Waals surface area contributed by atoms with Crippen molar-refractivity contribution in [2.45, 2.75) is 44.0 Å². The number of carbonyl (C=O) groups excluding carboxylic acids is 1. The molecular formula is C32H31N3O3S. The van der Waals surface area contributed by atoms with Crippen molar-refractivity contribution in [2.24, 2.45) is 0 Å². The number of aromatic nitrogens is 2. The molecule has 39 heavy (non-hydrogen) atoms. The van der Waals surface area contributed by atoms with E-state index in [0.717, 1.165) is 40.8 Å². The summed E-state index contributed by atoms with van der Waals surface area (Å²) in [6.07, 6.45) is 4.39. The van der Waals surface area contributed by atoms with E-state index in [0.29, 0.717) is 17.7 Å². The summed E-state index contributed by atoms with van der Waals surface area (Å²) < 4.78 is 29.9. The van der Waals surface area contributed by atoms with Gasteiger partial charge >= 0.3 is 0 Å². The van der Waals surface area contributed by atoms with E-state index >= 15 is 0 Å². The van der Waals surface area contributed by atoms with Crippen LogP contribution in [0.1, 0.15) is 47.9 Å². The summed E-state index contributed by atoms with van der Waals surface area (Å²) >= 11 is 0. The first-order valence-corrected chi connectivity index (χ1v) is 14.7. The number of unbranched alkanes of at least 4 members (excludes halogenated alkanes) is 2. The number of nitrogens with one attached hydrogen (secondary N) is 1. The fourth-order valence-corrected chi connectivity index (χ4v) is 5.75. The minimum absolute atomic E-state index is 0.0428. The smallest absolute Gasteiger partial charge is 0.265 e. The van der Waals surface area contributed by atoms with E-state index in [-0.39, 0.29) is 4.90 Å². The number of amides is 1. The van der Waals surface area contributed by atoms with Gasteiger partial charge in [-0.3, -0.25) is 4.79 Å². The second-order valence-corrected chi connectivity index (χ2v) is 11.2. The quantitative estimate of drug-likeness (QED) is 0.204. The molecule has 6 nitrogen and oxygen atoms in total. The van der Waals surface area contributed by atoms with Gasteiger partial charge in [0.2, 0.25) is 0 Å². The summed E-state index contributed by atoms with van der Waals surface area (Å²) in [5, 5.41) is 0. The standard InChI is InChI=1S/C32H31N3O3S/c1-2-3-5-18-31-33-29-16-10-11-17-30(29)35(31)23-24-19-21-25(22-20-24)27-14-8-9-15-28(27)32(36)34-39(37,38)26-12-6-4-7-13-26/h4,6-17,19-22H,2-3,5,18,23H2,1H3,(H,34,36). The lowest BCUT2D eigenvalue weighted by Gasteiger charge is -2.13. The first-order valence-electron chi connectivity index (χ1n) is 13.2. The number of imidazole rings is 1. The Morgan fingerprint density at radius 2 is 1.51 bits per heavy atom. The van der Waals surface area contributed by atoms with Crippen LogP contribution in [0.3, 0.4) is 0 Å². The number of nitrogens with zero attached hydrogens (tertiary/aromatic N) is 2. The molecule has 7 heteroatoms. The fraction of sp³-hybridized carbons (Fsp3) is 0.188. The van der Waals surface area contributed by atoms with Crippen molar-refractivity contribution >= 4 is 27.0 Å². The number of hydrogen-bond donors (Lipinski definition) is 1. The number of fused-ring (bicyclic) bond motifs is 1. The first kappa shape index (κ1) is 26.4. The fourth-order valence-electron chi connectivity index (χ4n) is 4.77. The Morgan fingerprint density at radius 3 is 2.28 bits per heavy atom. The van der Waals surface area contributed by atoms with E-state index in [2.05, 4.69) is 40.5 Å². The van der Waals surface area contributed by atoms with Crippen LogP contribution in [0.25, 0.3) is 22.2 Å². The van der Waals surface area contributed by atoms with Crippen LogP contribution in [0.4, 0.5) is 0 Å². The number of aryl methyl sites for hydroxylation is 1. The van der Waals surface area contributed by atoms with Crippen LogP contribution in [0, 0.1) is 0 Å². The molecule has 0 saturated carbocycles. The molecule has 1 aromatic heterocycles. The van der Waals surface area contributed by atoms with Crippen molar-refractivity contribution in [3.05, 3.63) is 120 Å². The average molecular weight is 538 g/mol. The molecule has 4 aromatic carbocycles. The third-order valence-electron chi connectivity index (χ3n) is 6.80. The van der Waals surface area contributed by atoms with Gasteiger partial charge in [0.15, 0.2) is 0 Å². The van der Waals surface area contributed by atoms with Crippen LogP contribution < -0.4 is 4.72 Å². The zero-order valence-electron chi connectivity index (χ0n) is 21.9. The van der Waals surface area contributed by atoms with E-state index in [1.165, 1.54) is 25.0 Å². The van der Waals surface area contributed by atoms with E-state index in [9.17, 15) is 13.2 Å². The molecule has 0 atom stereocenters. The summed E-state index contributed by atoms with van der Waals surface area (Å²) in [6, 6.07) is 31.2. The van der Waals surface area contributed by atoms with E-state index in [4.69, 9.17) is 4.98 Å². The SMILES string of the molecule is CCCCCc1nc2ccccc2n1Cc1ccc(-c2ccccc2C(=O)NS(=O)(=O)c2ccccc2)cc1. The lowest BCUT2D eigenvalue weighted by Crippen LogP contribution is -2.30. The summed E-state index contributed by atoms with van der Waals surface area (Å²) in [5.74, 6) is 0.426. The van der Waals surface area contributed by atoms with Gasteiger partial charge in [0, 0.05) is 18.5 Å². The average Bonchev–Trinajstić information content (AvgIpc) is 3.31. The number of sulfonamides is 1. The van der Waals surface area contributed by atoms with Gasteiger partial charge in [-0.15, -0.1) is 0 Å². The van der Waals surface area contributed by atoms with Crippen LogP contribution in [-0.4, -0.2) is 23.9 Å². The maximum Gasteiger partial charge on any atom is 0.265 e. The Kier molecular flexibility index (Phi) is 7.89. The van der Waals surface area contributed by atoms with E-state index < -0.39 is 15.9 Å². The second kappa shape index (κ2) is 11.7. The Hall–Kier alpha value is -4.23. The highest BCUT2D eigenvalue weighted by atomic mass is 32.2. The molecule has 0 saturated heterocycles. The molecule has 1 amide bonds. The molecule has 0 radical (unpaired) electrons. The van der Waals surface area contributed by atoms with Crippen molar-refractivity contribution in [1.82, 2.24) is 14.3 Å². The summed E-state index contributed by atoms with van der Waals surface area (Å²) in [5.41, 5.74) is 5.04. The summed E-state index contributed by atoms with van der Waals surface area (Å²) in [7, 11) is -3.98. The minimum atomic E-state index is -3.98. The van der Waals surface area contributed by atoms with Crippen LogP contribution in [0.15, 0.2) is 108 Å². The molecule has 0 unspecified atom stereocenters. The van der Waals surface area contributed by atoms with Gasteiger partial charge in [0.05, 0.1) is 15.9 Å². The summed E-state index contributed by atoms with van der Waals surface area (Å²) in [6.45, 7) is 2.90. The van der Waals surface area contributed by atoms with Gasteiger partial charge < -0.3 is 4.57 Å². The van der Waals surface area contributed by atoms with Crippen molar-refractivity contribution in [1.29, 1.82) is 0 Å². The molecule has 1 N–H and O–H groups in total. The van der Waals surface area contributed by atoms with Crippen molar-refractivity contribution in [3.63, 3.8) is 0 Å². The molecule has 198 valence electrons. The monoisotopic (exact) mass is 537 g/mol. The van der Waals surface area contributed by atoms with Crippen molar-refractivity contribution < 1.29 is 13.2 Å². The Bertz CT molecular complexity index is 1690. The van der Waals surface area contributed by atoms with Crippen LogP contribution in [0.5, 0.6) is 0 Å². The molecule has 0 aliphatic rings. The van der Waals surface area contributed by atoms with Gasteiger partial charge in [-0.05, 0) is 53.4 Å². The van der Waals surface area contributed by atoms with Crippen LogP contribution in [-0.2, 0) is 23.0 Å². The van der Waals surface area contributed by atoms with Crippen LogP contribution in [0.2, 0.25) is 0 Å². The van der Waals surface area contributed by atoms with Gasteiger partial charge in [0.1, 0.15) is 5.82 Å². The number of carbonyl (C=O) groups is 1. The lowest BCUT2D eigenvalue weighted by atomic mass is 9.98. The predicted molar refractivity (Wildman–Crippen MR) is 155 cm³/mol. The first-order chi connectivity index (χ1) is 19.0. The third-order valence-corrected chi connectivity index (χ3v) is 8.14. The minimum Gasteiger partial charge on any atom is -0.323 e. The number of benzene rings is 4. The summed E-state index contributed by atoms with van der Waals surface area (Å²) in [4.78, 5) is 18.0. The normalized spacial score (nSPS) is 11.5. The molecule has 0 bridgehead atoms. The molecular weight excluding hydrogens is 506 g/mol. The number of para-hydroxylation sites is 2. The largest absolute Gasteiger partial charge is 0.323 e. The Balaban J connectivity index is 1.39. The molecule has 1 heterocycles. The molecule has 0 aliphatic carbocycles. The second-order valence-electron chi connectivity index (χ2n) is 9.55. The van der Waals surface area contributed by atoms with Crippen molar-refractivity contribution in [2.75, 3.05) is 0 Å². The third kappa shape index (κ3) is 5.94. The van der Waals surface area contributed by atoms with E-state index in [1.54, 1.807) is 30.3 Å². The molecule has 5 rings (SSSR count). The van der Waals surface area contributed by atoms with Gasteiger partial charge in [0.25, 0.3) is 15.9 Å². The Labute approximate surface area is 229 Å². The molecule has 0 aliphatic heterocycles. The molecule has 0 spiro atoms. The Morgan fingerprint density at radius 1 is 0.821 bits per heavy atom. The molecule has 5 aromatic rings. The van der Waals surface area contributed by atoms with Crippen molar-refractivity contribution in [3.8, 4) is 11.1 Å². The van der Waals surface area contributed by atoms with Gasteiger partial charge in [-0.1, -0.05) is 92.6 Å². The van der Waals surface area contributed by atoms with Crippen LogP contribution >= 0.6 is 0 Å². The highest BCUT2D eigenvalue weighted by Gasteiger charge is 2.21. The number of rotatable bonds is 10. The number of hydrogen-bond acceptors (Lipinski definition) is 4. The molecule has 0 fully saturated rings. The highest BCUT2D eigenvalue weighted by molar-refractivity contribution is 7.90. The zero-order chi connectivity index (χ0) is 27.2. The zero-order valence-corrected chi connectivity index (χ0v) is 22.7. The van der Waals surface area contributed by atoms with E-state index in [1.807, 2.05) is 36.4 Å². The highest BCUT2D eigenvalue weighted by Crippen LogP contribution is 2.26. The maximum absolute atomic E-state index is 13.1. The predicted octanol–water partition coefficient (Wildman–Crippen LogP) is 6.60. The van der Waals surface area contributed by atoms with Gasteiger partial charge in [-0.25, -0.2) is 18.1 Å². The maximum atomic E-state index is 13.1. The lowest BCUT2D eigenvalue weighted by molar-refractivity contribution is 0.0982. The topological polar surface area (TPSA) is 81.1 Å². The van der Waals surface area contributed by atoms with Gasteiger partial charge in [-0.2, -0.15) is 0 Å².